The van der Waals surface area contributed by atoms with Gasteiger partial charge in [0.15, 0.2) is 0 Å². The molecule has 0 atom stereocenters. The van der Waals surface area contributed by atoms with Crippen LogP contribution in [0.15, 0.2) is 29.8 Å². The van der Waals surface area contributed by atoms with Gasteiger partial charge in [-0.15, -0.1) is 0 Å². The van der Waals surface area contributed by atoms with E-state index in [9.17, 15) is 0 Å². The molecule has 0 bridgehead atoms. The van der Waals surface area contributed by atoms with E-state index in [1.807, 2.05) is 12.1 Å². The molecule has 0 radical (unpaired) electrons. The van der Waals surface area contributed by atoms with Gasteiger partial charge in [-0.1, -0.05) is 37.6 Å². The van der Waals surface area contributed by atoms with Crippen LogP contribution in [0.25, 0.3) is 5.57 Å². The first-order chi connectivity index (χ1) is 10.0. The smallest absolute Gasteiger partial charge is 0.0827 e. The van der Waals surface area contributed by atoms with E-state index >= 15 is 0 Å². The zero-order chi connectivity index (χ0) is 14.9. The van der Waals surface area contributed by atoms with Gasteiger partial charge in [0.25, 0.3) is 0 Å². The monoisotopic (exact) mass is 305 g/mol. The molecule has 0 spiro atoms. The Morgan fingerprint density at radius 2 is 1.95 bits per heavy atom. The van der Waals surface area contributed by atoms with E-state index in [4.69, 9.17) is 16.3 Å². The Kier molecular flexibility index (Phi) is 4.39. The number of hydrogen-bond acceptors (Lipinski definition) is 2. The van der Waals surface area contributed by atoms with Gasteiger partial charge >= 0.3 is 0 Å². The lowest BCUT2D eigenvalue weighted by atomic mass is 9.73. The predicted octanol–water partition coefficient (Wildman–Crippen LogP) is 4.29. The number of rotatable bonds is 4. The summed E-state index contributed by atoms with van der Waals surface area (Å²) < 4.78 is 6.01. The lowest BCUT2D eigenvalue weighted by molar-refractivity contribution is 0.0307. The molecule has 2 nitrogen and oxygen atoms in total. The molecule has 0 unspecified atom stereocenters. The Labute approximate surface area is 132 Å². The largest absolute Gasteiger partial charge is 0.371 e. The summed E-state index contributed by atoms with van der Waals surface area (Å²) in [4.78, 5) is 0. The highest BCUT2D eigenvalue weighted by molar-refractivity contribution is 6.30. The summed E-state index contributed by atoms with van der Waals surface area (Å²) in [5.74, 6) is 0. The summed E-state index contributed by atoms with van der Waals surface area (Å²) in [6.45, 7) is 7.48. The van der Waals surface area contributed by atoms with Gasteiger partial charge in [-0.05, 0) is 53.5 Å². The highest BCUT2D eigenvalue weighted by Crippen LogP contribution is 2.43. The Morgan fingerprint density at radius 1 is 1.24 bits per heavy atom. The maximum Gasteiger partial charge on any atom is 0.0827 e. The summed E-state index contributed by atoms with van der Waals surface area (Å²) in [7, 11) is 0. The van der Waals surface area contributed by atoms with E-state index in [0.29, 0.717) is 11.5 Å². The Bertz CT molecular complexity index is 529. The van der Waals surface area contributed by atoms with Crippen LogP contribution in [0.5, 0.6) is 0 Å². The fraction of sp³-hybridized carbons (Fsp3) is 0.556. The molecule has 21 heavy (non-hydrogen) atoms. The van der Waals surface area contributed by atoms with Crippen molar-refractivity contribution >= 4 is 17.2 Å². The maximum absolute atomic E-state index is 6.02. The zero-order valence-corrected chi connectivity index (χ0v) is 13.7. The maximum atomic E-state index is 6.02. The number of nitrogens with one attached hydrogen (secondary N) is 1. The Morgan fingerprint density at radius 3 is 2.57 bits per heavy atom. The van der Waals surface area contributed by atoms with E-state index in [1.165, 1.54) is 23.1 Å². The second kappa shape index (κ2) is 6.12. The van der Waals surface area contributed by atoms with Crippen LogP contribution in [0.4, 0.5) is 0 Å². The molecule has 2 aliphatic rings. The zero-order valence-electron chi connectivity index (χ0n) is 12.9. The van der Waals surface area contributed by atoms with Crippen LogP contribution >= 0.6 is 11.6 Å². The molecule has 1 heterocycles. The van der Waals surface area contributed by atoms with Crippen molar-refractivity contribution in [2.75, 3.05) is 19.7 Å². The summed E-state index contributed by atoms with van der Waals surface area (Å²) in [6, 6.07) is 8.26. The van der Waals surface area contributed by atoms with E-state index in [-0.39, 0.29) is 0 Å². The molecule has 1 aliphatic heterocycles. The lowest BCUT2D eigenvalue weighted by Crippen LogP contribution is -2.48. The average Bonchev–Trinajstić information content (AvgIpc) is 2.39. The molecular weight excluding hydrogens is 282 g/mol. The van der Waals surface area contributed by atoms with Gasteiger partial charge in [-0.3, -0.25) is 0 Å². The molecule has 1 saturated heterocycles. The minimum atomic E-state index is 0.372. The van der Waals surface area contributed by atoms with Crippen LogP contribution in [0.2, 0.25) is 5.02 Å². The van der Waals surface area contributed by atoms with E-state index < -0.39 is 0 Å². The van der Waals surface area contributed by atoms with Gasteiger partial charge in [0, 0.05) is 18.1 Å². The Balaban J connectivity index is 1.83. The van der Waals surface area contributed by atoms with Gasteiger partial charge in [0.05, 0.1) is 12.7 Å². The van der Waals surface area contributed by atoms with Crippen molar-refractivity contribution in [3.05, 3.63) is 40.4 Å². The van der Waals surface area contributed by atoms with Crippen molar-refractivity contribution in [1.82, 2.24) is 5.32 Å². The molecule has 1 fully saturated rings. The van der Waals surface area contributed by atoms with Crippen molar-refractivity contribution in [2.24, 2.45) is 5.41 Å². The molecule has 0 aromatic heterocycles. The quantitative estimate of drug-likeness (QED) is 0.896. The molecule has 1 aliphatic carbocycles. The molecule has 0 amide bonds. The topological polar surface area (TPSA) is 21.3 Å². The standard InChI is InChI=1S/C18H24ClNO/c1-18(2)8-7-14(12-21-16-10-20-11-16)17(9-18)13-3-5-15(19)6-4-13/h3-6,16,20H,7-12H2,1-2H3. The molecule has 114 valence electrons. The highest BCUT2D eigenvalue weighted by Gasteiger charge is 2.28. The van der Waals surface area contributed by atoms with Crippen molar-refractivity contribution in [1.29, 1.82) is 0 Å². The first-order valence-corrected chi connectivity index (χ1v) is 8.20. The molecule has 3 rings (SSSR count). The third kappa shape index (κ3) is 3.68. The van der Waals surface area contributed by atoms with E-state index in [1.54, 1.807) is 0 Å². The highest BCUT2D eigenvalue weighted by atomic mass is 35.5. The van der Waals surface area contributed by atoms with Gasteiger partial charge in [-0.25, -0.2) is 0 Å². The molecule has 1 aromatic carbocycles. The summed E-state index contributed by atoms with van der Waals surface area (Å²) >= 11 is 6.02. The second-order valence-electron chi connectivity index (χ2n) is 7.02. The van der Waals surface area contributed by atoms with Crippen LogP contribution < -0.4 is 5.32 Å². The molecule has 1 N–H and O–H groups in total. The molecule has 1 aromatic rings. The van der Waals surface area contributed by atoms with E-state index in [0.717, 1.165) is 37.6 Å². The summed E-state index contributed by atoms with van der Waals surface area (Å²) in [6.07, 6.45) is 3.91. The first-order valence-electron chi connectivity index (χ1n) is 7.83. The molecular formula is C18H24ClNO. The summed E-state index contributed by atoms with van der Waals surface area (Å²) in [5, 5.41) is 4.05. The van der Waals surface area contributed by atoms with Crippen LogP contribution in [0, 0.1) is 5.41 Å². The number of ether oxygens (including phenoxy) is 1. The third-order valence-electron chi connectivity index (χ3n) is 4.62. The number of benzene rings is 1. The minimum absolute atomic E-state index is 0.372. The summed E-state index contributed by atoms with van der Waals surface area (Å²) in [5.41, 5.74) is 4.62. The van der Waals surface area contributed by atoms with Gasteiger partial charge in [-0.2, -0.15) is 0 Å². The van der Waals surface area contributed by atoms with Crippen LogP contribution in [0.3, 0.4) is 0 Å². The normalized spacial score (nSPS) is 22.2. The average molecular weight is 306 g/mol. The first kappa shape index (κ1) is 15.1. The lowest BCUT2D eigenvalue weighted by Gasteiger charge is -2.35. The van der Waals surface area contributed by atoms with Crippen LogP contribution in [0.1, 0.15) is 38.7 Å². The van der Waals surface area contributed by atoms with Crippen LogP contribution in [-0.2, 0) is 4.74 Å². The van der Waals surface area contributed by atoms with Crippen LogP contribution in [-0.4, -0.2) is 25.8 Å². The molecule has 3 heteroatoms. The fourth-order valence-electron chi connectivity index (χ4n) is 3.05. The second-order valence-corrected chi connectivity index (χ2v) is 7.46. The number of hydrogen-bond donors (Lipinski definition) is 1. The number of halogens is 1. The van der Waals surface area contributed by atoms with E-state index in [2.05, 4.69) is 31.3 Å². The fourth-order valence-corrected chi connectivity index (χ4v) is 3.17. The predicted molar refractivity (Wildman–Crippen MR) is 88.6 cm³/mol. The van der Waals surface area contributed by atoms with Gasteiger partial charge in [0.1, 0.15) is 0 Å². The third-order valence-corrected chi connectivity index (χ3v) is 4.87. The van der Waals surface area contributed by atoms with Gasteiger partial charge in [0.2, 0.25) is 0 Å². The SMILES string of the molecule is CC1(C)CCC(COC2CNC2)=C(c2ccc(Cl)cc2)C1. The Hall–Kier alpha value is -0.830. The van der Waals surface area contributed by atoms with Crippen molar-refractivity contribution in [3.8, 4) is 0 Å². The van der Waals surface area contributed by atoms with Crippen molar-refractivity contribution in [2.45, 2.75) is 39.2 Å². The number of allylic oxidation sites excluding steroid dienone is 1. The minimum Gasteiger partial charge on any atom is -0.371 e. The van der Waals surface area contributed by atoms with Crippen molar-refractivity contribution < 1.29 is 4.74 Å². The van der Waals surface area contributed by atoms with Crippen molar-refractivity contribution in [3.63, 3.8) is 0 Å². The van der Waals surface area contributed by atoms with Gasteiger partial charge < -0.3 is 10.1 Å². The molecule has 0 saturated carbocycles.